The van der Waals surface area contributed by atoms with Crippen molar-refractivity contribution in [1.82, 2.24) is 15.3 Å². The smallest absolute Gasteiger partial charge is 0.271 e. The van der Waals surface area contributed by atoms with Gasteiger partial charge in [0.1, 0.15) is 11.5 Å². The van der Waals surface area contributed by atoms with E-state index in [1.165, 1.54) is 12.4 Å². The molecular formula is C13H20N4O. The molecule has 0 radical (unpaired) electrons. The van der Waals surface area contributed by atoms with Crippen molar-refractivity contribution in [1.29, 1.82) is 0 Å². The Labute approximate surface area is 107 Å². The molecule has 1 amide bonds. The molecule has 1 aliphatic carbocycles. The molecule has 0 aromatic carbocycles. The molecule has 1 heterocycles. The third-order valence-electron chi connectivity index (χ3n) is 3.58. The van der Waals surface area contributed by atoms with Crippen LogP contribution in [0.15, 0.2) is 12.4 Å². The van der Waals surface area contributed by atoms with E-state index >= 15 is 0 Å². The summed E-state index contributed by atoms with van der Waals surface area (Å²) in [7, 11) is 0. The fraction of sp³-hybridized carbons (Fsp3) is 0.615. The Kier molecular flexibility index (Phi) is 3.50. The van der Waals surface area contributed by atoms with E-state index in [-0.39, 0.29) is 11.9 Å². The third-order valence-corrected chi connectivity index (χ3v) is 3.58. The number of hydrogen-bond donors (Lipinski definition) is 2. The highest BCUT2D eigenvalue weighted by atomic mass is 16.1. The predicted molar refractivity (Wildman–Crippen MR) is 69.9 cm³/mol. The minimum atomic E-state index is -0.160. The summed E-state index contributed by atoms with van der Waals surface area (Å²) < 4.78 is 0. The molecular weight excluding hydrogens is 228 g/mol. The standard InChI is InChI=1S/C13H20N4O/c1-13(2)5-3-9(4-6-13)17-12(18)10-7-16-11(14)8-15-10/h7-9H,3-6H2,1-2H3,(H2,14,16)(H,17,18). The van der Waals surface area contributed by atoms with Gasteiger partial charge in [0.15, 0.2) is 0 Å². The zero-order valence-corrected chi connectivity index (χ0v) is 10.9. The molecule has 1 aromatic heterocycles. The molecule has 3 N–H and O–H groups in total. The Morgan fingerprint density at radius 2 is 2.00 bits per heavy atom. The Morgan fingerprint density at radius 1 is 1.33 bits per heavy atom. The molecule has 18 heavy (non-hydrogen) atoms. The SMILES string of the molecule is CC1(C)CCC(NC(=O)c2cnc(N)cn2)CC1. The highest BCUT2D eigenvalue weighted by Gasteiger charge is 2.27. The summed E-state index contributed by atoms with van der Waals surface area (Å²) in [5, 5.41) is 3.01. The summed E-state index contributed by atoms with van der Waals surface area (Å²) in [4.78, 5) is 19.8. The van der Waals surface area contributed by atoms with Crippen LogP contribution < -0.4 is 11.1 Å². The molecule has 1 saturated carbocycles. The largest absolute Gasteiger partial charge is 0.382 e. The second kappa shape index (κ2) is 4.92. The predicted octanol–water partition coefficient (Wildman–Crippen LogP) is 1.76. The van der Waals surface area contributed by atoms with Crippen molar-refractivity contribution in [3.05, 3.63) is 18.1 Å². The van der Waals surface area contributed by atoms with Gasteiger partial charge in [-0.15, -0.1) is 0 Å². The molecule has 98 valence electrons. The Morgan fingerprint density at radius 3 is 2.56 bits per heavy atom. The number of anilines is 1. The lowest BCUT2D eigenvalue weighted by molar-refractivity contribution is 0.0903. The maximum Gasteiger partial charge on any atom is 0.271 e. The molecule has 0 aliphatic heterocycles. The second-order valence-corrected chi connectivity index (χ2v) is 5.74. The highest BCUT2D eigenvalue weighted by molar-refractivity contribution is 5.92. The lowest BCUT2D eigenvalue weighted by atomic mass is 9.75. The van der Waals surface area contributed by atoms with Crippen molar-refractivity contribution >= 4 is 11.7 Å². The first-order chi connectivity index (χ1) is 8.46. The fourth-order valence-corrected chi connectivity index (χ4v) is 2.26. The molecule has 1 fully saturated rings. The van der Waals surface area contributed by atoms with Gasteiger partial charge in [-0.2, -0.15) is 0 Å². The van der Waals surface area contributed by atoms with E-state index in [1.807, 2.05) is 0 Å². The van der Waals surface area contributed by atoms with Gasteiger partial charge in [-0.25, -0.2) is 9.97 Å². The van der Waals surface area contributed by atoms with Crippen LogP contribution in [0.25, 0.3) is 0 Å². The number of nitrogens with zero attached hydrogens (tertiary/aromatic N) is 2. The third kappa shape index (κ3) is 3.18. The second-order valence-electron chi connectivity index (χ2n) is 5.74. The Balaban J connectivity index is 1.90. The van der Waals surface area contributed by atoms with Gasteiger partial charge in [-0.3, -0.25) is 4.79 Å². The molecule has 2 rings (SSSR count). The van der Waals surface area contributed by atoms with Gasteiger partial charge >= 0.3 is 0 Å². The summed E-state index contributed by atoms with van der Waals surface area (Å²) in [6.07, 6.45) is 7.16. The van der Waals surface area contributed by atoms with Gasteiger partial charge in [-0.05, 0) is 31.1 Å². The number of aromatic nitrogens is 2. The van der Waals surface area contributed by atoms with Crippen LogP contribution in [0.5, 0.6) is 0 Å². The average Bonchev–Trinajstić information content (AvgIpc) is 2.33. The number of rotatable bonds is 2. The number of nitrogen functional groups attached to an aromatic ring is 1. The zero-order chi connectivity index (χ0) is 13.2. The molecule has 5 nitrogen and oxygen atoms in total. The molecule has 5 heteroatoms. The van der Waals surface area contributed by atoms with E-state index in [4.69, 9.17) is 5.73 Å². The van der Waals surface area contributed by atoms with Gasteiger partial charge in [-0.1, -0.05) is 13.8 Å². The Hall–Kier alpha value is -1.65. The average molecular weight is 248 g/mol. The number of nitrogens with two attached hydrogens (primary N) is 1. The summed E-state index contributed by atoms with van der Waals surface area (Å²) >= 11 is 0. The van der Waals surface area contributed by atoms with Crippen molar-refractivity contribution in [2.24, 2.45) is 5.41 Å². The number of hydrogen-bond acceptors (Lipinski definition) is 4. The van der Waals surface area contributed by atoms with E-state index in [9.17, 15) is 4.79 Å². The maximum atomic E-state index is 11.9. The quantitative estimate of drug-likeness (QED) is 0.835. The number of carbonyl (C=O) groups is 1. The van der Waals surface area contributed by atoms with Crippen LogP contribution in [-0.4, -0.2) is 21.9 Å². The molecule has 0 saturated heterocycles. The number of amides is 1. The van der Waals surface area contributed by atoms with Crippen molar-refractivity contribution in [2.45, 2.75) is 45.6 Å². The highest BCUT2D eigenvalue weighted by Crippen LogP contribution is 2.34. The van der Waals surface area contributed by atoms with Crippen molar-refractivity contribution in [3.63, 3.8) is 0 Å². The van der Waals surface area contributed by atoms with Crippen LogP contribution in [0, 0.1) is 5.41 Å². The van der Waals surface area contributed by atoms with Crippen molar-refractivity contribution in [2.75, 3.05) is 5.73 Å². The van der Waals surface area contributed by atoms with Crippen LogP contribution >= 0.6 is 0 Å². The van der Waals surface area contributed by atoms with Crippen LogP contribution in [0.4, 0.5) is 5.82 Å². The van der Waals surface area contributed by atoms with Gasteiger partial charge < -0.3 is 11.1 Å². The summed E-state index contributed by atoms with van der Waals surface area (Å²) in [5.41, 5.74) is 6.17. The van der Waals surface area contributed by atoms with Gasteiger partial charge in [0.2, 0.25) is 0 Å². The minimum Gasteiger partial charge on any atom is -0.382 e. The van der Waals surface area contributed by atoms with Crippen LogP contribution in [0.3, 0.4) is 0 Å². The zero-order valence-electron chi connectivity index (χ0n) is 10.9. The lowest BCUT2D eigenvalue weighted by Gasteiger charge is -2.34. The molecule has 0 atom stereocenters. The van der Waals surface area contributed by atoms with Gasteiger partial charge in [0.25, 0.3) is 5.91 Å². The maximum absolute atomic E-state index is 11.9. The molecule has 0 spiro atoms. The monoisotopic (exact) mass is 248 g/mol. The topological polar surface area (TPSA) is 80.9 Å². The van der Waals surface area contributed by atoms with Crippen LogP contribution in [0.2, 0.25) is 0 Å². The van der Waals surface area contributed by atoms with Crippen molar-refractivity contribution in [3.8, 4) is 0 Å². The lowest BCUT2D eigenvalue weighted by Crippen LogP contribution is -2.39. The van der Waals surface area contributed by atoms with E-state index in [1.54, 1.807) is 0 Å². The number of nitrogens with one attached hydrogen (secondary N) is 1. The van der Waals surface area contributed by atoms with Gasteiger partial charge in [0.05, 0.1) is 12.4 Å². The van der Waals surface area contributed by atoms with E-state index in [0.717, 1.165) is 25.7 Å². The fourth-order valence-electron chi connectivity index (χ4n) is 2.26. The van der Waals surface area contributed by atoms with E-state index < -0.39 is 0 Å². The van der Waals surface area contributed by atoms with Crippen LogP contribution in [0.1, 0.15) is 50.0 Å². The first-order valence-corrected chi connectivity index (χ1v) is 6.35. The van der Waals surface area contributed by atoms with Crippen LogP contribution in [-0.2, 0) is 0 Å². The first-order valence-electron chi connectivity index (χ1n) is 6.35. The summed E-state index contributed by atoms with van der Waals surface area (Å²) in [6, 6.07) is 0.255. The molecule has 0 unspecified atom stereocenters. The number of carbonyl (C=O) groups excluding carboxylic acids is 1. The molecule has 0 bridgehead atoms. The van der Waals surface area contributed by atoms with Crippen molar-refractivity contribution < 1.29 is 4.79 Å². The molecule has 1 aliphatic rings. The minimum absolute atomic E-state index is 0.160. The summed E-state index contributed by atoms with van der Waals surface area (Å²) in [5.74, 6) is 0.165. The van der Waals surface area contributed by atoms with Gasteiger partial charge in [0, 0.05) is 6.04 Å². The molecule has 1 aromatic rings. The van der Waals surface area contributed by atoms with E-state index in [0.29, 0.717) is 16.9 Å². The van der Waals surface area contributed by atoms with E-state index in [2.05, 4.69) is 29.1 Å². The summed E-state index contributed by atoms with van der Waals surface area (Å²) in [6.45, 7) is 4.55. The first kappa shape index (κ1) is 12.8. The normalized spacial score (nSPS) is 19.4. The Bertz CT molecular complexity index is 417.